The second-order valence-corrected chi connectivity index (χ2v) is 29.4. The number of hydrogen-bond acceptors (Lipinski definition) is 15. The minimum absolute atomic E-state index is 0.102. The summed E-state index contributed by atoms with van der Waals surface area (Å²) in [5, 5.41) is 10.6. The van der Waals surface area contributed by atoms with Gasteiger partial charge in [0.15, 0.2) is 12.2 Å². The molecule has 0 heterocycles. The van der Waals surface area contributed by atoms with Crippen LogP contribution < -0.4 is 0 Å². The van der Waals surface area contributed by atoms with E-state index >= 15 is 0 Å². The fourth-order valence-corrected chi connectivity index (χ4v) is 12.1. The highest BCUT2D eigenvalue weighted by Gasteiger charge is 2.30. The predicted molar refractivity (Wildman–Crippen MR) is 358 cm³/mol. The minimum atomic E-state index is -4.95. The first-order chi connectivity index (χ1) is 42.8. The Labute approximate surface area is 543 Å². The van der Waals surface area contributed by atoms with Crippen LogP contribution in [0.4, 0.5) is 0 Å². The van der Waals surface area contributed by atoms with Gasteiger partial charge in [-0.15, -0.1) is 0 Å². The number of phosphoric ester groups is 2. The SMILES string of the molecule is CCCCCCCCCCCCCCCCCCCCCCC(=O)O[C@H](COC(=O)CCCCCCCCCC(C)C)COP(=O)(O)OC[C@@H](O)COP(=O)(O)OC[C@@H](COC(=O)CCCCCCCCC(C)C)OC(=O)CCCCCCCCC(C)CC. The summed E-state index contributed by atoms with van der Waals surface area (Å²) >= 11 is 0. The van der Waals surface area contributed by atoms with E-state index in [4.69, 9.17) is 37.0 Å². The standard InChI is InChI=1S/C70H136O17P2/c1-8-10-11-12-13-14-15-16-17-18-19-20-21-22-23-24-25-28-39-46-53-69(74)86-65(57-80-67(72)51-44-37-29-26-27-34-41-48-61(3)4)59-84-88(76,77)82-55-64(71)56-83-89(78,79)85-60-66(58-81-68(73)52-45-38-32-30-35-42-49-62(5)6)87-70(75)54-47-40-33-31-36-43-50-63(7)9-2/h61-66,71H,8-60H2,1-7H3,(H,76,77)(H,78,79)/t63?,64-,65-,66-/m1/s1. The molecule has 0 rings (SSSR count). The van der Waals surface area contributed by atoms with Crippen molar-refractivity contribution in [3.63, 3.8) is 0 Å². The molecule has 89 heavy (non-hydrogen) atoms. The van der Waals surface area contributed by atoms with Gasteiger partial charge in [0.1, 0.15) is 19.3 Å². The van der Waals surface area contributed by atoms with Gasteiger partial charge in [-0.2, -0.15) is 0 Å². The van der Waals surface area contributed by atoms with E-state index in [9.17, 15) is 43.2 Å². The Kier molecular flexibility index (Phi) is 59.6. The van der Waals surface area contributed by atoms with Gasteiger partial charge in [0.05, 0.1) is 26.4 Å². The molecule has 0 aromatic heterocycles. The Morgan fingerprint density at radius 3 is 0.854 bits per heavy atom. The molecule has 0 radical (unpaired) electrons. The molecule has 6 atom stereocenters. The van der Waals surface area contributed by atoms with Crippen LogP contribution in [0.25, 0.3) is 0 Å². The van der Waals surface area contributed by atoms with Crippen LogP contribution in [0.3, 0.4) is 0 Å². The van der Waals surface area contributed by atoms with Gasteiger partial charge in [-0.05, 0) is 43.4 Å². The molecule has 3 unspecified atom stereocenters. The molecule has 0 amide bonds. The second kappa shape index (κ2) is 61.0. The fourth-order valence-electron chi connectivity index (χ4n) is 10.5. The molecule has 17 nitrogen and oxygen atoms in total. The van der Waals surface area contributed by atoms with Crippen molar-refractivity contribution in [2.45, 2.75) is 369 Å². The van der Waals surface area contributed by atoms with Crippen molar-refractivity contribution in [1.29, 1.82) is 0 Å². The fraction of sp³-hybridized carbons (Fsp3) is 0.943. The van der Waals surface area contributed by atoms with Crippen LogP contribution in [-0.4, -0.2) is 96.7 Å². The van der Waals surface area contributed by atoms with Crippen LogP contribution in [0.1, 0.15) is 350 Å². The van der Waals surface area contributed by atoms with Crippen molar-refractivity contribution in [2.24, 2.45) is 17.8 Å². The molecular formula is C70H136O17P2. The molecule has 0 aliphatic heterocycles. The molecule has 0 saturated heterocycles. The van der Waals surface area contributed by atoms with Gasteiger partial charge in [-0.25, -0.2) is 9.13 Å². The van der Waals surface area contributed by atoms with Gasteiger partial charge in [0.25, 0.3) is 0 Å². The number of rotatable bonds is 68. The molecule has 19 heteroatoms. The van der Waals surface area contributed by atoms with Crippen molar-refractivity contribution < 1.29 is 80.2 Å². The van der Waals surface area contributed by atoms with E-state index in [-0.39, 0.29) is 25.7 Å². The van der Waals surface area contributed by atoms with E-state index in [2.05, 4.69) is 48.5 Å². The zero-order valence-electron chi connectivity index (χ0n) is 57.9. The van der Waals surface area contributed by atoms with Crippen molar-refractivity contribution in [2.75, 3.05) is 39.6 Å². The first-order valence-corrected chi connectivity index (χ1v) is 39.4. The monoisotopic (exact) mass is 1310 g/mol. The molecule has 3 N–H and O–H groups in total. The van der Waals surface area contributed by atoms with Crippen LogP contribution in [0.2, 0.25) is 0 Å². The van der Waals surface area contributed by atoms with Crippen LogP contribution in [-0.2, 0) is 65.4 Å². The lowest BCUT2D eigenvalue weighted by Gasteiger charge is -2.21. The van der Waals surface area contributed by atoms with E-state index < -0.39 is 97.5 Å². The van der Waals surface area contributed by atoms with Gasteiger partial charge in [-0.3, -0.25) is 37.3 Å². The second-order valence-electron chi connectivity index (χ2n) is 26.5. The van der Waals surface area contributed by atoms with Crippen molar-refractivity contribution in [3.05, 3.63) is 0 Å². The topological polar surface area (TPSA) is 237 Å². The third-order valence-electron chi connectivity index (χ3n) is 16.5. The summed E-state index contributed by atoms with van der Waals surface area (Å²) in [5.74, 6) is -0.0297. The van der Waals surface area contributed by atoms with Crippen LogP contribution in [0.15, 0.2) is 0 Å². The Morgan fingerprint density at radius 2 is 0.573 bits per heavy atom. The normalized spacial score (nSPS) is 14.5. The van der Waals surface area contributed by atoms with Gasteiger partial charge in [0, 0.05) is 25.7 Å². The molecule has 0 spiro atoms. The maximum absolute atomic E-state index is 13.0. The van der Waals surface area contributed by atoms with Crippen LogP contribution in [0.5, 0.6) is 0 Å². The largest absolute Gasteiger partial charge is 0.472 e. The Hall–Kier alpha value is -1.94. The summed E-state index contributed by atoms with van der Waals surface area (Å²) in [7, 11) is -9.90. The summed E-state index contributed by atoms with van der Waals surface area (Å²) in [4.78, 5) is 72.4. The first kappa shape index (κ1) is 87.1. The molecule has 0 aliphatic carbocycles. The number of phosphoric acid groups is 2. The van der Waals surface area contributed by atoms with Gasteiger partial charge in [0.2, 0.25) is 0 Å². The van der Waals surface area contributed by atoms with E-state index in [1.54, 1.807) is 0 Å². The molecule has 0 bridgehead atoms. The molecular weight excluding hydrogens is 1170 g/mol. The zero-order chi connectivity index (χ0) is 65.9. The lowest BCUT2D eigenvalue weighted by molar-refractivity contribution is -0.161. The van der Waals surface area contributed by atoms with Gasteiger partial charge in [-0.1, -0.05) is 299 Å². The summed E-state index contributed by atoms with van der Waals surface area (Å²) in [6.45, 7) is 11.7. The summed E-state index contributed by atoms with van der Waals surface area (Å²) < 4.78 is 68.2. The first-order valence-electron chi connectivity index (χ1n) is 36.4. The summed E-state index contributed by atoms with van der Waals surface area (Å²) in [6, 6.07) is 0. The van der Waals surface area contributed by atoms with E-state index in [0.29, 0.717) is 37.5 Å². The van der Waals surface area contributed by atoms with Gasteiger partial charge < -0.3 is 33.8 Å². The zero-order valence-corrected chi connectivity index (χ0v) is 59.7. The third-order valence-corrected chi connectivity index (χ3v) is 18.4. The number of esters is 4. The van der Waals surface area contributed by atoms with Crippen molar-refractivity contribution in [1.82, 2.24) is 0 Å². The number of aliphatic hydroxyl groups excluding tert-OH is 1. The number of hydrogen-bond donors (Lipinski definition) is 3. The Bertz CT molecular complexity index is 1750. The lowest BCUT2D eigenvalue weighted by atomic mass is 10.00. The lowest BCUT2D eigenvalue weighted by Crippen LogP contribution is -2.30. The number of unbranched alkanes of at least 4 members (excludes halogenated alkanes) is 35. The molecule has 0 aromatic rings. The van der Waals surface area contributed by atoms with Gasteiger partial charge >= 0.3 is 39.5 Å². The quantitative estimate of drug-likeness (QED) is 0.0222. The van der Waals surface area contributed by atoms with E-state index in [1.807, 2.05) is 0 Å². The molecule has 0 fully saturated rings. The maximum Gasteiger partial charge on any atom is 0.472 e. The third kappa shape index (κ3) is 63.2. The number of carbonyl (C=O) groups excluding carboxylic acids is 4. The smallest absolute Gasteiger partial charge is 0.462 e. The Morgan fingerprint density at radius 1 is 0.326 bits per heavy atom. The average molecular weight is 1310 g/mol. The average Bonchev–Trinajstić information content (AvgIpc) is 3.54. The van der Waals surface area contributed by atoms with Crippen molar-refractivity contribution >= 4 is 39.5 Å². The highest BCUT2D eigenvalue weighted by molar-refractivity contribution is 7.47. The summed E-state index contributed by atoms with van der Waals surface area (Å²) in [5.41, 5.74) is 0. The predicted octanol–water partition coefficient (Wildman–Crippen LogP) is 19.8. The maximum atomic E-state index is 13.0. The van der Waals surface area contributed by atoms with Crippen molar-refractivity contribution in [3.8, 4) is 0 Å². The van der Waals surface area contributed by atoms with Crippen LogP contribution in [0, 0.1) is 17.8 Å². The molecule has 0 saturated carbocycles. The highest BCUT2D eigenvalue weighted by atomic mass is 31.2. The van der Waals surface area contributed by atoms with E-state index in [1.165, 1.54) is 148 Å². The highest BCUT2D eigenvalue weighted by Crippen LogP contribution is 2.45. The molecule has 0 aliphatic rings. The Balaban J connectivity index is 5.17. The van der Waals surface area contributed by atoms with E-state index in [0.717, 1.165) is 109 Å². The summed E-state index contributed by atoms with van der Waals surface area (Å²) in [6.07, 6.45) is 44.9. The number of ether oxygens (including phenoxy) is 4. The minimum Gasteiger partial charge on any atom is -0.462 e. The molecule has 0 aromatic carbocycles. The molecule has 528 valence electrons. The van der Waals surface area contributed by atoms with Crippen LogP contribution >= 0.6 is 15.6 Å². The number of aliphatic hydroxyl groups is 1. The number of carbonyl (C=O) groups is 4.